The average molecular weight is 224 g/mol. The number of phenolic OH excluding ortho intramolecular Hbond substituents is 1. The van der Waals surface area contributed by atoms with Gasteiger partial charge in [-0.2, -0.15) is 0 Å². The first kappa shape index (κ1) is 10.1. The van der Waals surface area contributed by atoms with Gasteiger partial charge in [0, 0.05) is 5.92 Å². The molecule has 17 heavy (non-hydrogen) atoms. The zero-order chi connectivity index (χ0) is 12.0. The molecule has 3 rings (SSSR count). The van der Waals surface area contributed by atoms with Gasteiger partial charge in [0.05, 0.1) is 5.56 Å². The Kier molecular flexibility index (Phi) is 2.05. The molecule has 1 aliphatic carbocycles. The summed E-state index contributed by atoms with van der Waals surface area (Å²) in [6, 6.07) is 11.5. The summed E-state index contributed by atoms with van der Waals surface area (Å²) < 4.78 is 0. The first-order chi connectivity index (χ1) is 8.24. The highest BCUT2D eigenvalue weighted by atomic mass is 16.3. The predicted molar refractivity (Wildman–Crippen MR) is 66.4 cm³/mol. The van der Waals surface area contributed by atoms with Crippen LogP contribution in [0.5, 0.6) is 5.75 Å². The number of aromatic hydroxyl groups is 1. The maximum atomic E-state index is 11.1. The molecule has 1 aliphatic rings. The van der Waals surface area contributed by atoms with Crippen LogP contribution in [0.25, 0.3) is 11.1 Å². The van der Waals surface area contributed by atoms with Gasteiger partial charge in [0.2, 0.25) is 0 Å². The Balaban J connectivity index is 2.41. The van der Waals surface area contributed by atoms with Gasteiger partial charge in [0.25, 0.3) is 0 Å². The van der Waals surface area contributed by atoms with Crippen LogP contribution in [-0.4, -0.2) is 11.4 Å². The Morgan fingerprint density at radius 2 is 1.88 bits per heavy atom. The first-order valence-corrected chi connectivity index (χ1v) is 5.64. The topological polar surface area (TPSA) is 37.3 Å². The third-order valence-corrected chi connectivity index (χ3v) is 3.54. The van der Waals surface area contributed by atoms with Gasteiger partial charge in [-0.15, -0.1) is 0 Å². The largest absolute Gasteiger partial charge is 0.507 e. The fraction of sp³-hybridized carbons (Fsp3) is 0.133. The molecule has 0 amide bonds. The second-order valence-corrected chi connectivity index (χ2v) is 4.39. The van der Waals surface area contributed by atoms with Gasteiger partial charge in [-0.1, -0.05) is 37.3 Å². The van der Waals surface area contributed by atoms with Gasteiger partial charge >= 0.3 is 0 Å². The minimum absolute atomic E-state index is 0.0580. The highest BCUT2D eigenvalue weighted by molar-refractivity contribution is 5.95. The number of hydrogen-bond acceptors (Lipinski definition) is 2. The van der Waals surface area contributed by atoms with E-state index in [1.54, 1.807) is 6.07 Å². The standard InChI is InChI=1S/C15H12O2/c1-9-10-4-2-3-5-12(10)15-11(9)6-7-14(17)13(15)8-16/h2-9,17H,1H3. The molecule has 1 atom stereocenters. The Labute approximate surface area is 99.5 Å². The van der Waals surface area contributed by atoms with E-state index in [1.807, 2.05) is 24.3 Å². The smallest absolute Gasteiger partial charge is 0.154 e. The molecule has 0 radical (unpaired) electrons. The molecule has 2 nitrogen and oxygen atoms in total. The van der Waals surface area contributed by atoms with Gasteiger partial charge in [0.15, 0.2) is 6.29 Å². The van der Waals surface area contributed by atoms with Gasteiger partial charge in [-0.25, -0.2) is 0 Å². The van der Waals surface area contributed by atoms with Crippen molar-refractivity contribution in [2.45, 2.75) is 12.8 Å². The molecule has 0 bridgehead atoms. The van der Waals surface area contributed by atoms with Crippen molar-refractivity contribution in [1.29, 1.82) is 0 Å². The minimum Gasteiger partial charge on any atom is -0.507 e. The second kappa shape index (κ2) is 3.45. The summed E-state index contributed by atoms with van der Waals surface area (Å²) in [6.07, 6.45) is 0.739. The van der Waals surface area contributed by atoms with Crippen LogP contribution in [0.4, 0.5) is 0 Å². The van der Waals surface area contributed by atoms with Crippen molar-refractivity contribution in [3.63, 3.8) is 0 Å². The number of benzene rings is 2. The third kappa shape index (κ3) is 1.24. The molecule has 0 spiro atoms. The van der Waals surface area contributed by atoms with E-state index >= 15 is 0 Å². The molecule has 0 saturated heterocycles. The fourth-order valence-electron chi connectivity index (χ4n) is 2.68. The van der Waals surface area contributed by atoms with Crippen molar-refractivity contribution in [1.82, 2.24) is 0 Å². The van der Waals surface area contributed by atoms with E-state index in [0.29, 0.717) is 5.56 Å². The lowest BCUT2D eigenvalue weighted by molar-refractivity contribution is 0.112. The summed E-state index contributed by atoms with van der Waals surface area (Å²) >= 11 is 0. The summed E-state index contributed by atoms with van der Waals surface area (Å²) in [5, 5.41) is 9.76. The molecule has 84 valence electrons. The average Bonchev–Trinajstić information content (AvgIpc) is 2.64. The van der Waals surface area contributed by atoms with Gasteiger partial charge in [-0.3, -0.25) is 4.79 Å². The molecule has 0 saturated carbocycles. The molecule has 2 heteroatoms. The Morgan fingerprint density at radius 3 is 2.65 bits per heavy atom. The van der Waals surface area contributed by atoms with E-state index in [1.165, 1.54) is 5.56 Å². The number of fused-ring (bicyclic) bond motifs is 3. The predicted octanol–water partition coefficient (Wildman–Crippen LogP) is 3.34. The molecule has 0 fully saturated rings. The molecule has 0 aromatic heterocycles. The number of hydrogen-bond donors (Lipinski definition) is 1. The monoisotopic (exact) mass is 224 g/mol. The van der Waals surface area contributed by atoms with Crippen molar-refractivity contribution < 1.29 is 9.90 Å². The fourth-order valence-corrected chi connectivity index (χ4v) is 2.68. The zero-order valence-corrected chi connectivity index (χ0v) is 9.47. The Hall–Kier alpha value is -2.09. The maximum absolute atomic E-state index is 11.1. The van der Waals surface area contributed by atoms with Gasteiger partial charge in [0.1, 0.15) is 5.75 Å². The van der Waals surface area contributed by atoms with E-state index in [2.05, 4.69) is 13.0 Å². The first-order valence-electron chi connectivity index (χ1n) is 5.64. The van der Waals surface area contributed by atoms with Crippen LogP contribution in [0, 0.1) is 0 Å². The second-order valence-electron chi connectivity index (χ2n) is 4.39. The van der Waals surface area contributed by atoms with Gasteiger partial charge in [-0.05, 0) is 28.3 Å². The number of phenols is 1. The lowest BCUT2D eigenvalue weighted by atomic mass is 9.97. The van der Waals surface area contributed by atoms with E-state index in [4.69, 9.17) is 0 Å². The number of carbonyl (C=O) groups is 1. The number of aldehydes is 1. The highest BCUT2D eigenvalue weighted by Gasteiger charge is 2.28. The van der Waals surface area contributed by atoms with Crippen LogP contribution in [0.2, 0.25) is 0 Å². The molecule has 0 aliphatic heterocycles. The summed E-state index contributed by atoms with van der Waals surface area (Å²) in [7, 11) is 0. The quantitative estimate of drug-likeness (QED) is 0.754. The number of rotatable bonds is 1. The van der Waals surface area contributed by atoms with Gasteiger partial charge < -0.3 is 5.11 Å². The SMILES string of the molecule is CC1c2ccccc2-c2c1ccc(O)c2C=O. The Bertz CT molecular complexity index is 614. The number of carbonyl (C=O) groups excluding carboxylic acids is 1. The van der Waals surface area contributed by atoms with Crippen molar-refractivity contribution in [2.75, 3.05) is 0 Å². The van der Waals surface area contributed by atoms with Crippen LogP contribution in [0.15, 0.2) is 36.4 Å². The lowest BCUT2D eigenvalue weighted by Gasteiger charge is -2.07. The Morgan fingerprint density at radius 1 is 1.12 bits per heavy atom. The summed E-state index contributed by atoms with van der Waals surface area (Å²) in [6.45, 7) is 2.12. The van der Waals surface area contributed by atoms with E-state index in [-0.39, 0.29) is 11.7 Å². The lowest BCUT2D eigenvalue weighted by Crippen LogP contribution is -1.91. The van der Waals surface area contributed by atoms with Crippen LogP contribution in [-0.2, 0) is 0 Å². The maximum Gasteiger partial charge on any atom is 0.154 e. The molecular weight excluding hydrogens is 212 g/mol. The van der Waals surface area contributed by atoms with Crippen LogP contribution >= 0.6 is 0 Å². The molecule has 1 N–H and O–H groups in total. The highest BCUT2D eigenvalue weighted by Crippen LogP contribution is 2.47. The van der Waals surface area contributed by atoms with Crippen molar-refractivity contribution in [2.24, 2.45) is 0 Å². The van der Waals surface area contributed by atoms with Crippen LogP contribution in [0.3, 0.4) is 0 Å². The summed E-state index contributed by atoms with van der Waals surface area (Å²) in [4.78, 5) is 11.1. The van der Waals surface area contributed by atoms with Crippen molar-refractivity contribution >= 4 is 6.29 Å². The third-order valence-electron chi connectivity index (χ3n) is 3.54. The summed E-state index contributed by atoms with van der Waals surface area (Å²) in [5.74, 6) is 0.336. The van der Waals surface area contributed by atoms with Crippen molar-refractivity contribution in [3.05, 3.63) is 53.1 Å². The zero-order valence-electron chi connectivity index (χ0n) is 9.47. The van der Waals surface area contributed by atoms with Crippen LogP contribution < -0.4 is 0 Å². The molecular formula is C15H12O2. The van der Waals surface area contributed by atoms with E-state index in [0.717, 1.165) is 23.0 Å². The molecule has 2 aromatic carbocycles. The van der Waals surface area contributed by atoms with E-state index in [9.17, 15) is 9.90 Å². The molecule has 1 unspecified atom stereocenters. The summed E-state index contributed by atoms with van der Waals surface area (Å²) in [5.41, 5.74) is 4.69. The normalized spacial score (nSPS) is 16.4. The van der Waals surface area contributed by atoms with Crippen molar-refractivity contribution in [3.8, 4) is 16.9 Å². The molecule has 2 aromatic rings. The van der Waals surface area contributed by atoms with Crippen LogP contribution in [0.1, 0.15) is 34.3 Å². The van der Waals surface area contributed by atoms with E-state index < -0.39 is 0 Å². The minimum atomic E-state index is 0.0580. The molecule has 0 heterocycles.